The molecule has 0 radical (unpaired) electrons. The van der Waals surface area contributed by atoms with Crippen LogP contribution >= 0.6 is 12.2 Å². The molecule has 0 aromatic heterocycles. The zero-order valence-corrected chi connectivity index (χ0v) is 13.3. The van der Waals surface area contributed by atoms with Crippen LogP contribution in [0.25, 0.3) is 0 Å². The molecule has 1 heterocycles. The Morgan fingerprint density at radius 3 is 2.40 bits per heavy atom. The van der Waals surface area contributed by atoms with E-state index in [0.29, 0.717) is 18.0 Å². The second kappa shape index (κ2) is 10.1. The second-order valence-electron chi connectivity index (χ2n) is 5.20. The Hall–Kier alpha value is -0.720. The van der Waals surface area contributed by atoms with Gasteiger partial charge < -0.3 is 15.4 Å². The molecule has 1 aliphatic rings. The van der Waals surface area contributed by atoms with Crippen molar-refractivity contribution in [2.75, 3.05) is 45.9 Å². The number of thiocarbonyl (C=S) groups is 1. The van der Waals surface area contributed by atoms with E-state index in [2.05, 4.69) is 9.80 Å². The molecule has 0 spiro atoms. The van der Waals surface area contributed by atoms with Crippen LogP contribution in [0, 0.1) is 0 Å². The maximum Gasteiger partial charge on any atom is 0.305 e. The summed E-state index contributed by atoms with van der Waals surface area (Å²) in [6.45, 7) is 8.43. The first-order chi connectivity index (χ1) is 9.61. The molecule has 1 fully saturated rings. The Kier molecular flexibility index (Phi) is 8.73. The van der Waals surface area contributed by atoms with E-state index >= 15 is 0 Å². The van der Waals surface area contributed by atoms with E-state index in [0.717, 1.165) is 58.5 Å². The monoisotopic (exact) mass is 301 g/mol. The molecule has 1 rings (SSSR count). The molecule has 1 saturated heterocycles. The number of rotatable bonds is 9. The highest BCUT2D eigenvalue weighted by Crippen LogP contribution is 2.06. The number of hydrogen-bond donors (Lipinski definition) is 1. The largest absolute Gasteiger partial charge is 0.466 e. The fraction of sp³-hybridized carbons (Fsp3) is 0.857. The van der Waals surface area contributed by atoms with Crippen molar-refractivity contribution in [3.63, 3.8) is 0 Å². The summed E-state index contributed by atoms with van der Waals surface area (Å²) in [7, 11) is 0. The molecular weight excluding hydrogens is 274 g/mol. The van der Waals surface area contributed by atoms with Crippen molar-refractivity contribution in [1.82, 2.24) is 9.80 Å². The molecule has 5 nitrogen and oxygen atoms in total. The highest BCUT2D eigenvalue weighted by Gasteiger charge is 2.16. The van der Waals surface area contributed by atoms with Crippen LogP contribution in [0.1, 0.15) is 32.6 Å². The number of carbonyl (C=O) groups is 1. The van der Waals surface area contributed by atoms with E-state index in [1.807, 2.05) is 6.92 Å². The molecule has 0 atom stereocenters. The SMILES string of the molecule is CCOC(=O)CCCCCN1CCN(CC(N)=S)CC1. The van der Waals surface area contributed by atoms with E-state index in [1.165, 1.54) is 0 Å². The van der Waals surface area contributed by atoms with Gasteiger partial charge in [-0.05, 0) is 26.3 Å². The number of hydrogen-bond acceptors (Lipinski definition) is 5. The lowest BCUT2D eigenvalue weighted by Gasteiger charge is -2.34. The Morgan fingerprint density at radius 2 is 1.80 bits per heavy atom. The Labute approximate surface area is 127 Å². The topological polar surface area (TPSA) is 58.8 Å². The summed E-state index contributed by atoms with van der Waals surface area (Å²) in [6.07, 6.45) is 3.72. The van der Waals surface area contributed by atoms with Crippen LogP contribution < -0.4 is 5.73 Å². The summed E-state index contributed by atoms with van der Waals surface area (Å²) in [5, 5.41) is 0. The van der Waals surface area contributed by atoms with E-state index in [1.54, 1.807) is 0 Å². The van der Waals surface area contributed by atoms with Crippen LogP contribution in [-0.2, 0) is 9.53 Å². The molecule has 0 amide bonds. The van der Waals surface area contributed by atoms with Crippen LogP contribution in [0.2, 0.25) is 0 Å². The van der Waals surface area contributed by atoms with Gasteiger partial charge in [-0.1, -0.05) is 18.6 Å². The summed E-state index contributed by atoms with van der Waals surface area (Å²) in [4.78, 5) is 16.5. The number of carbonyl (C=O) groups excluding carboxylic acids is 1. The summed E-state index contributed by atoms with van der Waals surface area (Å²) in [6, 6.07) is 0. The molecule has 0 bridgehead atoms. The number of piperazine rings is 1. The third kappa shape index (κ3) is 7.77. The number of unbranched alkanes of at least 4 members (excludes halogenated alkanes) is 2. The molecule has 0 aromatic carbocycles. The van der Waals surface area contributed by atoms with Crippen LogP contribution in [0.4, 0.5) is 0 Å². The first kappa shape index (κ1) is 17.3. The Bertz CT molecular complexity index is 305. The van der Waals surface area contributed by atoms with Gasteiger partial charge in [-0.2, -0.15) is 0 Å². The van der Waals surface area contributed by atoms with Crippen LogP contribution in [-0.4, -0.2) is 66.6 Å². The maximum atomic E-state index is 11.2. The third-order valence-corrected chi connectivity index (χ3v) is 3.63. The quantitative estimate of drug-likeness (QED) is 0.390. The highest BCUT2D eigenvalue weighted by molar-refractivity contribution is 7.80. The fourth-order valence-electron chi connectivity index (χ4n) is 2.41. The zero-order chi connectivity index (χ0) is 14.8. The van der Waals surface area contributed by atoms with Gasteiger partial charge in [0.05, 0.1) is 11.6 Å². The van der Waals surface area contributed by atoms with Gasteiger partial charge >= 0.3 is 5.97 Å². The number of ether oxygens (including phenoxy) is 1. The average molecular weight is 301 g/mol. The number of esters is 1. The predicted molar refractivity (Wildman–Crippen MR) is 84.8 cm³/mol. The van der Waals surface area contributed by atoms with Crippen LogP contribution in [0.5, 0.6) is 0 Å². The highest BCUT2D eigenvalue weighted by atomic mass is 32.1. The van der Waals surface area contributed by atoms with Gasteiger partial charge in [0, 0.05) is 39.1 Å². The molecule has 20 heavy (non-hydrogen) atoms. The minimum atomic E-state index is -0.0705. The Balaban J connectivity index is 1.99. The molecule has 0 unspecified atom stereocenters. The maximum absolute atomic E-state index is 11.2. The lowest BCUT2D eigenvalue weighted by molar-refractivity contribution is -0.143. The standard InChI is InChI=1S/C14H27N3O2S/c1-2-19-14(18)6-4-3-5-7-16-8-10-17(11-9-16)12-13(15)20/h2-12H2,1H3,(H2,15,20). The van der Waals surface area contributed by atoms with Gasteiger partial charge in [0.25, 0.3) is 0 Å². The minimum Gasteiger partial charge on any atom is -0.466 e. The van der Waals surface area contributed by atoms with Crippen LogP contribution in [0.15, 0.2) is 0 Å². The number of nitrogens with two attached hydrogens (primary N) is 1. The van der Waals surface area contributed by atoms with Gasteiger partial charge in [-0.3, -0.25) is 9.69 Å². The molecule has 2 N–H and O–H groups in total. The molecule has 0 aliphatic carbocycles. The molecule has 1 aliphatic heterocycles. The van der Waals surface area contributed by atoms with Crippen molar-refractivity contribution in [2.45, 2.75) is 32.6 Å². The normalized spacial score (nSPS) is 17.1. The molecular formula is C14H27N3O2S. The van der Waals surface area contributed by atoms with Crippen molar-refractivity contribution >= 4 is 23.2 Å². The second-order valence-corrected chi connectivity index (χ2v) is 5.72. The van der Waals surface area contributed by atoms with Crippen molar-refractivity contribution < 1.29 is 9.53 Å². The van der Waals surface area contributed by atoms with E-state index in [9.17, 15) is 4.79 Å². The summed E-state index contributed by atoms with van der Waals surface area (Å²) >= 11 is 4.93. The van der Waals surface area contributed by atoms with E-state index < -0.39 is 0 Å². The van der Waals surface area contributed by atoms with Gasteiger partial charge in [-0.15, -0.1) is 0 Å². The zero-order valence-electron chi connectivity index (χ0n) is 12.5. The van der Waals surface area contributed by atoms with Crippen molar-refractivity contribution in [3.8, 4) is 0 Å². The third-order valence-electron chi connectivity index (χ3n) is 3.50. The predicted octanol–water partition coefficient (Wildman–Crippen LogP) is 1.01. The molecule has 0 saturated carbocycles. The lowest BCUT2D eigenvalue weighted by Crippen LogP contribution is -2.48. The first-order valence-corrected chi connectivity index (χ1v) is 7.91. The van der Waals surface area contributed by atoms with E-state index in [-0.39, 0.29) is 5.97 Å². The van der Waals surface area contributed by atoms with Crippen molar-refractivity contribution in [2.24, 2.45) is 5.73 Å². The van der Waals surface area contributed by atoms with Crippen LogP contribution in [0.3, 0.4) is 0 Å². The molecule has 116 valence electrons. The van der Waals surface area contributed by atoms with Gasteiger partial charge in [0.2, 0.25) is 0 Å². The first-order valence-electron chi connectivity index (χ1n) is 7.50. The lowest BCUT2D eigenvalue weighted by atomic mass is 10.2. The molecule has 6 heteroatoms. The smallest absolute Gasteiger partial charge is 0.305 e. The average Bonchev–Trinajstić information content (AvgIpc) is 2.40. The van der Waals surface area contributed by atoms with Crippen molar-refractivity contribution in [3.05, 3.63) is 0 Å². The molecule has 0 aromatic rings. The summed E-state index contributed by atoms with van der Waals surface area (Å²) in [5.74, 6) is -0.0705. The van der Waals surface area contributed by atoms with Gasteiger partial charge in [0.15, 0.2) is 0 Å². The van der Waals surface area contributed by atoms with Crippen molar-refractivity contribution in [1.29, 1.82) is 0 Å². The van der Waals surface area contributed by atoms with Gasteiger partial charge in [0.1, 0.15) is 0 Å². The number of nitrogens with zero attached hydrogens (tertiary/aromatic N) is 2. The minimum absolute atomic E-state index is 0.0705. The fourth-order valence-corrected chi connectivity index (χ4v) is 2.59. The summed E-state index contributed by atoms with van der Waals surface area (Å²) in [5.41, 5.74) is 5.56. The van der Waals surface area contributed by atoms with Gasteiger partial charge in [-0.25, -0.2) is 0 Å². The van der Waals surface area contributed by atoms with E-state index in [4.69, 9.17) is 22.7 Å². The Morgan fingerprint density at radius 1 is 1.15 bits per heavy atom. The summed E-state index contributed by atoms with van der Waals surface area (Å²) < 4.78 is 4.91.